The van der Waals surface area contributed by atoms with E-state index in [0.29, 0.717) is 0 Å². The minimum atomic E-state index is 0.811. The maximum absolute atomic E-state index is 3.41. The molecule has 1 aromatic carbocycles. The van der Waals surface area contributed by atoms with Crippen molar-refractivity contribution in [2.75, 3.05) is 13.1 Å². The maximum atomic E-state index is 3.41. The normalized spacial score (nSPS) is 16.8. The van der Waals surface area contributed by atoms with Crippen LogP contribution in [-0.4, -0.2) is 24.0 Å². The first kappa shape index (κ1) is 15.5. The second-order valence-electron chi connectivity index (χ2n) is 5.96. The molecule has 0 heterocycles. The molecule has 2 rings (SSSR count). The molecule has 0 radical (unpaired) electrons. The van der Waals surface area contributed by atoms with Crippen LogP contribution in [0.15, 0.2) is 24.3 Å². The van der Waals surface area contributed by atoms with Gasteiger partial charge in [0, 0.05) is 19.1 Å². The summed E-state index contributed by atoms with van der Waals surface area (Å²) in [5.74, 6) is 0. The zero-order valence-electron chi connectivity index (χ0n) is 13.2. The molecule has 1 aromatic rings. The average Bonchev–Trinajstić information content (AvgIpc) is 2.52. The van der Waals surface area contributed by atoms with Gasteiger partial charge < -0.3 is 5.32 Å². The molecule has 0 aliphatic heterocycles. The van der Waals surface area contributed by atoms with Crippen LogP contribution in [0.25, 0.3) is 0 Å². The predicted molar refractivity (Wildman–Crippen MR) is 86.8 cm³/mol. The van der Waals surface area contributed by atoms with Crippen LogP contribution in [0.1, 0.15) is 57.1 Å². The van der Waals surface area contributed by atoms with E-state index in [0.717, 1.165) is 25.7 Å². The minimum Gasteiger partial charge on any atom is -0.313 e. The number of nitrogens with zero attached hydrogens (tertiary/aromatic N) is 1. The van der Waals surface area contributed by atoms with Crippen molar-refractivity contribution in [2.45, 2.75) is 65.1 Å². The maximum Gasteiger partial charge on any atom is 0.0236 e. The van der Waals surface area contributed by atoms with Gasteiger partial charge >= 0.3 is 0 Å². The van der Waals surface area contributed by atoms with E-state index in [1.165, 1.54) is 49.8 Å². The van der Waals surface area contributed by atoms with Gasteiger partial charge in [0.2, 0.25) is 0 Å². The summed E-state index contributed by atoms with van der Waals surface area (Å²) in [7, 11) is 0. The second kappa shape index (κ2) is 8.43. The lowest BCUT2D eigenvalue weighted by Gasteiger charge is -2.33. The van der Waals surface area contributed by atoms with E-state index < -0.39 is 0 Å². The van der Waals surface area contributed by atoms with E-state index in [4.69, 9.17) is 0 Å². The Morgan fingerprint density at radius 3 is 2.55 bits per heavy atom. The highest BCUT2D eigenvalue weighted by molar-refractivity contribution is 5.23. The molecule has 2 heteroatoms. The van der Waals surface area contributed by atoms with Crippen molar-refractivity contribution in [2.24, 2.45) is 0 Å². The molecule has 0 saturated heterocycles. The van der Waals surface area contributed by atoms with Gasteiger partial charge in [-0.2, -0.15) is 0 Å². The lowest BCUT2D eigenvalue weighted by molar-refractivity contribution is 0.156. The largest absolute Gasteiger partial charge is 0.313 e. The van der Waals surface area contributed by atoms with Gasteiger partial charge in [0.05, 0.1) is 0 Å². The fourth-order valence-corrected chi connectivity index (χ4v) is 3.29. The highest BCUT2D eigenvalue weighted by Crippen LogP contribution is 2.24. The molecule has 0 aromatic heterocycles. The predicted octanol–water partition coefficient (Wildman–Crippen LogP) is 3.95. The molecule has 0 amide bonds. The summed E-state index contributed by atoms with van der Waals surface area (Å²) in [6.45, 7) is 8.76. The molecule has 0 spiro atoms. The first-order valence-electron chi connectivity index (χ1n) is 8.36. The number of benzene rings is 1. The molecular formula is C18H30N2. The monoisotopic (exact) mass is 274 g/mol. The smallest absolute Gasteiger partial charge is 0.0236 e. The van der Waals surface area contributed by atoms with Crippen molar-refractivity contribution in [3.05, 3.63) is 35.4 Å². The Kier molecular flexibility index (Phi) is 6.55. The van der Waals surface area contributed by atoms with Crippen LogP contribution in [0.2, 0.25) is 0 Å². The van der Waals surface area contributed by atoms with E-state index in [9.17, 15) is 0 Å². The fraction of sp³-hybridized carbons (Fsp3) is 0.667. The Hall–Kier alpha value is -0.860. The van der Waals surface area contributed by atoms with E-state index in [1.807, 2.05) is 0 Å². The summed E-state index contributed by atoms with van der Waals surface area (Å²) >= 11 is 0. The third-order valence-electron chi connectivity index (χ3n) is 4.45. The minimum absolute atomic E-state index is 0.811. The average molecular weight is 274 g/mol. The molecule has 1 N–H and O–H groups in total. The van der Waals surface area contributed by atoms with Gasteiger partial charge in [-0.1, -0.05) is 57.4 Å². The van der Waals surface area contributed by atoms with Crippen LogP contribution in [0.3, 0.4) is 0 Å². The number of hydrogen-bond donors (Lipinski definition) is 1. The van der Waals surface area contributed by atoms with Crippen LogP contribution in [-0.2, 0) is 13.1 Å². The van der Waals surface area contributed by atoms with Crippen molar-refractivity contribution in [1.82, 2.24) is 10.2 Å². The summed E-state index contributed by atoms with van der Waals surface area (Å²) < 4.78 is 0. The van der Waals surface area contributed by atoms with Gasteiger partial charge in [0.25, 0.3) is 0 Å². The molecular weight excluding hydrogens is 244 g/mol. The topological polar surface area (TPSA) is 15.3 Å². The van der Waals surface area contributed by atoms with Crippen molar-refractivity contribution in [1.29, 1.82) is 0 Å². The lowest BCUT2D eigenvalue weighted by Crippen LogP contribution is -2.36. The molecule has 2 nitrogen and oxygen atoms in total. The van der Waals surface area contributed by atoms with Gasteiger partial charge in [-0.05, 0) is 37.1 Å². The Morgan fingerprint density at radius 2 is 1.85 bits per heavy atom. The Bertz CT molecular complexity index is 383. The van der Waals surface area contributed by atoms with Crippen LogP contribution < -0.4 is 5.32 Å². The van der Waals surface area contributed by atoms with Crippen molar-refractivity contribution in [3.63, 3.8) is 0 Å². The van der Waals surface area contributed by atoms with E-state index in [1.54, 1.807) is 0 Å². The summed E-state index contributed by atoms with van der Waals surface area (Å²) in [6, 6.07) is 9.89. The highest BCUT2D eigenvalue weighted by atomic mass is 15.1. The van der Waals surface area contributed by atoms with Crippen LogP contribution in [0.4, 0.5) is 0 Å². The van der Waals surface area contributed by atoms with Gasteiger partial charge in [0.15, 0.2) is 0 Å². The second-order valence-corrected chi connectivity index (χ2v) is 5.96. The van der Waals surface area contributed by atoms with Gasteiger partial charge in [-0.15, -0.1) is 0 Å². The van der Waals surface area contributed by atoms with Gasteiger partial charge in [-0.3, -0.25) is 4.90 Å². The van der Waals surface area contributed by atoms with E-state index in [-0.39, 0.29) is 0 Å². The Balaban J connectivity index is 1.95. The highest BCUT2D eigenvalue weighted by Gasteiger charge is 2.19. The number of hydrogen-bond acceptors (Lipinski definition) is 2. The zero-order chi connectivity index (χ0) is 14.2. The molecule has 0 unspecified atom stereocenters. The summed E-state index contributed by atoms with van der Waals surface area (Å²) in [5, 5.41) is 3.41. The van der Waals surface area contributed by atoms with Crippen LogP contribution in [0, 0.1) is 0 Å². The zero-order valence-corrected chi connectivity index (χ0v) is 13.2. The first-order valence-corrected chi connectivity index (χ1v) is 8.36. The molecule has 112 valence electrons. The summed E-state index contributed by atoms with van der Waals surface area (Å²) in [5.41, 5.74) is 2.87. The van der Waals surface area contributed by atoms with Crippen LogP contribution in [0.5, 0.6) is 0 Å². The molecule has 1 aliphatic carbocycles. The third-order valence-corrected chi connectivity index (χ3v) is 4.45. The van der Waals surface area contributed by atoms with Gasteiger partial charge in [-0.25, -0.2) is 0 Å². The van der Waals surface area contributed by atoms with E-state index in [2.05, 4.69) is 48.3 Å². The Labute approximate surface area is 124 Å². The Morgan fingerprint density at radius 1 is 1.10 bits per heavy atom. The molecule has 0 bridgehead atoms. The molecule has 1 aliphatic rings. The third kappa shape index (κ3) is 4.60. The first-order chi connectivity index (χ1) is 9.83. The lowest BCUT2D eigenvalue weighted by atomic mass is 9.94. The number of nitrogens with one attached hydrogen (secondary N) is 1. The molecule has 0 atom stereocenters. The quantitative estimate of drug-likeness (QED) is 0.810. The SMILES string of the molecule is CCNCc1cccc(CN(CC)C2CCCCC2)c1. The van der Waals surface area contributed by atoms with Crippen LogP contribution >= 0.6 is 0 Å². The van der Waals surface area contributed by atoms with Crippen molar-refractivity contribution in [3.8, 4) is 0 Å². The standard InChI is InChI=1S/C18H30N2/c1-3-19-14-16-9-8-10-17(13-16)15-20(4-2)18-11-6-5-7-12-18/h8-10,13,18-19H,3-7,11-12,14-15H2,1-2H3. The number of rotatable bonds is 7. The fourth-order valence-electron chi connectivity index (χ4n) is 3.29. The van der Waals surface area contributed by atoms with E-state index >= 15 is 0 Å². The van der Waals surface area contributed by atoms with Crippen molar-refractivity contribution < 1.29 is 0 Å². The summed E-state index contributed by atoms with van der Waals surface area (Å²) in [4.78, 5) is 2.67. The molecule has 1 fully saturated rings. The van der Waals surface area contributed by atoms with Gasteiger partial charge in [0.1, 0.15) is 0 Å². The van der Waals surface area contributed by atoms with Crippen molar-refractivity contribution >= 4 is 0 Å². The summed E-state index contributed by atoms with van der Waals surface area (Å²) in [6.07, 6.45) is 7.06. The molecule has 1 saturated carbocycles. The molecule has 20 heavy (non-hydrogen) atoms.